The standard InChI is InChI=1S/C25H27F3/c1-2-3-16-4-6-19-12-21(13-20(19)7-5-16)17-8-10-18(11-9-17)22-14-23(26)25(28)24(27)15-22/h2,8-11,14-16,19-21H,1,3-7,12-13H2. The Hall–Kier alpha value is -2.03. The van der Waals surface area contributed by atoms with Crippen molar-refractivity contribution in [2.45, 2.75) is 50.9 Å². The summed E-state index contributed by atoms with van der Waals surface area (Å²) in [5.41, 5.74) is 2.39. The third-order valence-electron chi connectivity index (χ3n) is 6.93. The molecule has 148 valence electrons. The van der Waals surface area contributed by atoms with Gasteiger partial charge < -0.3 is 0 Å². The second-order valence-corrected chi connectivity index (χ2v) is 8.61. The maximum Gasteiger partial charge on any atom is 0.194 e. The van der Waals surface area contributed by atoms with Gasteiger partial charge in [0.1, 0.15) is 0 Å². The minimum atomic E-state index is -1.42. The summed E-state index contributed by atoms with van der Waals surface area (Å²) < 4.78 is 40.2. The average Bonchev–Trinajstić information content (AvgIpc) is 3.02. The summed E-state index contributed by atoms with van der Waals surface area (Å²) >= 11 is 0. The Bertz CT molecular complexity index is 800. The largest absolute Gasteiger partial charge is 0.204 e. The molecule has 0 nitrogen and oxygen atoms in total. The van der Waals surface area contributed by atoms with Crippen molar-refractivity contribution in [3.8, 4) is 11.1 Å². The first-order valence-electron chi connectivity index (χ1n) is 10.4. The van der Waals surface area contributed by atoms with E-state index in [1.807, 2.05) is 12.1 Å². The highest BCUT2D eigenvalue weighted by molar-refractivity contribution is 5.64. The maximum atomic E-state index is 13.5. The molecule has 0 N–H and O–H groups in total. The molecule has 2 fully saturated rings. The van der Waals surface area contributed by atoms with Gasteiger partial charge in [0, 0.05) is 0 Å². The zero-order valence-electron chi connectivity index (χ0n) is 16.1. The topological polar surface area (TPSA) is 0 Å². The van der Waals surface area contributed by atoms with Gasteiger partial charge in [0.2, 0.25) is 0 Å². The number of halogens is 3. The lowest BCUT2D eigenvalue weighted by Gasteiger charge is -2.15. The van der Waals surface area contributed by atoms with Gasteiger partial charge in [-0.15, -0.1) is 6.58 Å². The number of benzene rings is 2. The van der Waals surface area contributed by atoms with Gasteiger partial charge in [-0.2, -0.15) is 0 Å². The Labute approximate surface area is 165 Å². The van der Waals surface area contributed by atoms with Crippen LogP contribution in [0.15, 0.2) is 49.1 Å². The summed E-state index contributed by atoms with van der Waals surface area (Å²) in [7, 11) is 0. The highest BCUT2D eigenvalue weighted by Gasteiger charge is 2.36. The summed E-state index contributed by atoms with van der Waals surface area (Å²) in [4.78, 5) is 0. The van der Waals surface area contributed by atoms with Crippen molar-refractivity contribution < 1.29 is 13.2 Å². The van der Waals surface area contributed by atoms with Crippen molar-refractivity contribution in [3.05, 3.63) is 72.1 Å². The average molecular weight is 384 g/mol. The molecule has 0 bridgehead atoms. The molecule has 2 unspecified atom stereocenters. The number of hydrogen-bond donors (Lipinski definition) is 0. The molecule has 0 saturated heterocycles. The molecule has 2 saturated carbocycles. The van der Waals surface area contributed by atoms with Gasteiger partial charge in [0.25, 0.3) is 0 Å². The smallest absolute Gasteiger partial charge is 0.194 e. The van der Waals surface area contributed by atoms with E-state index in [9.17, 15) is 13.2 Å². The van der Waals surface area contributed by atoms with Crippen LogP contribution in [0.2, 0.25) is 0 Å². The van der Waals surface area contributed by atoms with Crippen molar-refractivity contribution >= 4 is 0 Å². The molecule has 2 atom stereocenters. The number of hydrogen-bond acceptors (Lipinski definition) is 0. The van der Waals surface area contributed by atoms with Gasteiger partial charge in [-0.3, -0.25) is 0 Å². The predicted octanol–water partition coefficient (Wildman–Crippen LogP) is 7.65. The molecule has 2 aliphatic rings. The van der Waals surface area contributed by atoms with Gasteiger partial charge in [0.15, 0.2) is 17.5 Å². The van der Waals surface area contributed by atoms with Gasteiger partial charge >= 0.3 is 0 Å². The first-order chi connectivity index (χ1) is 13.5. The molecule has 3 heteroatoms. The predicted molar refractivity (Wildman–Crippen MR) is 107 cm³/mol. The van der Waals surface area contributed by atoms with Gasteiger partial charge in [-0.25, -0.2) is 13.2 Å². The molecule has 2 aromatic rings. The van der Waals surface area contributed by atoms with E-state index in [0.29, 0.717) is 17.0 Å². The van der Waals surface area contributed by atoms with Crippen LogP contribution in [0.4, 0.5) is 13.2 Å². The van der Waals surface area contributed by atoms with Crippen molar-refractivity contribution in [1.82, 2.24) is 0 Å². The number of fused-ring (bicyclic) bond motifs is 1. The quantitative estimate of drug-likeness (QED) is 0.375. The van der Waals surface area contributed by atoms with Crippen LogP contribution in [-0.2, 0) is 0 Å². The van der Waals surface area contributed by atoms with E-state index < -0.39 is 17.5 Å². The second-order valence-electron chi connectivity index (χ2n) is 8.61. The van der Waals surface area contributed by atoms with E-state index in [2.05, 4.69) is 24.8 Å². The van der Waals surface area contributed by atoms with E-state index in [0.717, 1.165) is 36.3 Å². The third kappa shape index (κ3) is 3.90. The van der Waals surface area contributed by atoms with Crippen LogP contribution < -0.4 is 0 Å². The first kappa shape index (κ1) is 19.3. The molecule has 4 rings (SSSR count). The van der Waals surface area contributed by atoms with Crippen LogP contribution in [0.3, 0.4) is 0 Å². The summed E-state index contributed by atoms with van der Waals surface area (Å²) in [6.45, 7) is 3.89. The molecular weight excluding hydrogens is 357 g/mol. The first-order valence-corrected chi connectivity index (χ1v) is 10.4. The van der Waals surface area contributed by atoms with Crippen molar-refractivity contribution in [2.24, 2.45) is 17.8 Å². The van der Waals surface area contributed by atoms with Gasteiger partial charge in [0.05, 0.1) is 0 Å². The minimum Gasteiger partial charge on any atom is -0.204 e. The molecule has 0 aliphatic heterocycles. The minimum absolute atomic E-state index is 0.368. The lowest BCUT2D eigenvalue weighted by molar-refractivity contribution is 0.367. The van der Waals surface area contributed by atoms with Crippen LogP contribution in [-0.4, -0.2) is 0 Å². The van der Waals surface area contributed by atoms with Crippen LogP contribution in [0.5, 0.6) is 0 Å². The monoisotopic (exact) mass is 384 g/mol. The fourth-order valence-corrected chi connectivity index (χ4v) is 5.38. The van der Waals surface area contributed by atoms with Gasteiger partial charge in [-0.1, -0.05) is 30.3 Å². The zero-order chi connectivity index (χ0) is 19.7. The third-order valence-corrected chi connectivity index (χ3v) is 6.93. The van der Waals surface area contributed by atoms with Crippen molar-refractivity contribution in [1.29, 1.82) is 0 Å². The lowest BCUT2D eigenvalue weighted by Crippen LogP contribution is -2.04. The molecule has 0 spiro atoms. The Kier molecular flexibility index (Phi) is 5.61. The maximum absolute atomic E-state index is 13.5. The van der Waals surface area contributed by atoms with Gasteiger partial charge in [-0.05, 0) is 97.4 Å². The van der Waals surface area contributed by atoms with Crippen LogP contribution in [0.25, 0.3) is 11.1 Å². The van der Waals surface area contributed by atoms with Crippen LogP contribution in [0, 0.1) is 35.2 Å². The van der Waals surface area contributed by atoms with E-state index >= 15 is 0 Å². The normalized spacial score (nSPS) is 27.2. The molecular formula is C25H27F3. The SMILES string of the molecule is C=CCC1CCC2CC(c3ccc(-c4cc(F)c(F)c(F)c4)cc3)CC2CC1. The summed E-state index contributed by atoms with van der Waals surface area (Å²) in [5.74, 6) is -0.687. The highest BCUT2D eigenvalue weighted by Crippen LogP contribution is 2.49. The van der Waals surface area contributed by atoms with E-state index in [1.54, 1.807) is 0 Å². The van der Waals surface area contributed by atoms with Crippen molar-refractivity contribution in [2.75, 3.05) is 0 Å². The molecule has 0 radical (unpaired) electrons. The van der Waals surface area contributed by atoms with E-state index in [1.165, 1.54) is 44.1 Å². The Morgan fingerprint density at radius 1 is 0.821 bits per heavy atom. The van der Waals surface area contributed by atoms with Crippen LogP contribution in [0.1, 0.15) is 56.4 Å². The Morgan fingerprint density at radius 2 is 1.39 bits per heavy atom. The summed E-state index contributed by atoms with van der Waals surface area (Å²) in [5, 5.41) is 0. The van der Waals surface area contributed by atoms with Crippen LogP contribution >= 0.6 is 0 Å². The summed E-state index contributed by atoms with van der Waals surface area (Å²) in [6, 6.07) is 10.1. The summed E-state index contributed by atoms with van der Waals surface area (Å²) in [6.07, 6.45) is 11.0. The lowest BCUT2D eigenvalue weighted by atomic mass is 9.91. The molecule has 0 heterocycles. The number of allylic oxidation sites excluding steroid dienone is 1. The molecule has 2 aliphatic carbocycles. The Morgan fingerprint density at radius 3 is 1.93 bits per heavy atom. The molecule has 28 heavy (non-hydrogen) atoms. The highest BCUT2D eigenvalue weighted by atomic mass is 19.2. The molecule has 0 amide bonds. The van der Waals surface area contributed by atoms with Crippen molar-refractivity contribution in [3.63, 3.8) is 0 Å². The molecule has 0 aromatic heterocycles. The van der Waals surface area contributed by atoms with E-state index in [4.69, 9.17) is 0 Å². The fraction of sp³-hybridized carbons (Fsp3) is 0.440. The van der Waals surface area contributed by atoms with E-state index in [-0.39, 0.29) is 0 Å². The molecule has 2 aromatic carbocycles. The number of rotatable bonds is 4. The Balaban J connectivity index is 1.45. The zero-order valence-corrected chi connectivity index (χ0v) is 16.1. The second kappa shape index (κ2) is 8.14. The fourth-order valence-electron chi connectivity index (χ4n) is 5.38.